The van der Waals surface area contributed by atoms with Gasteiger partial charge in [0.2, 0.25) is 11.8 Å². The number of para-hydroxylation sites is 1. The lowest BCUT2D eigenvalue weighted by Gasteiger charge is -2.40. The summed E-state index contributed by atoms with van der Waals surface area (Å²) in [5.41, 5.74) is 6.60. The standard InChI is InChI=1S/C26H23ClN2O5/c1-3-33-24(31)22-23(28)34-20-13-15(14-7-6-8-16(27)11-14)12-19(30)21(20)26(22)17-9-4-5-10-18(17)29(2)25(26)32/h4-11,15H,3,12-13,28H2,1-2H3/t15-,26-/m1/s1. The number of Topliss-reactive ketones (excluding diaryl/α,β-unsaturated/α-hetero) is 1. The van der Waals surface area contributed by atoms with E-state index in [-0.39, 0.29) is 41.8 Å². The van der Waals surface area contributed by atoms with Crippen molar-refractivity contribution >= 4 is 34.9 Å². The van der Waals surface area contributed by atoms with Gasteiger partial charge in [-0.25, -0.2) is 4.79 Å². The molecule has 2 heterocycles. The number of allylic oxidation sites excluding steroid dienone is 1. The van der Waals surface area contributed by atoms with E-state index in [0.29, 0.717) is 28.5 Å². The van der Waals surface area contributed by atoms with Gasteiger partial charge >= 0.3 is 5.97 Å². The van der Waals surface area contributed by atoms with Crippen LogP contribution in [0.15, 0.2) is 71.3 Å². The third-order valence-corrected chi connectivity index (χ3v) is 6.98. The zero-order valence-electron chi connectivity index (χ0n) is 18.8. The highest BCUT2D eigenvalue weighted by Crippen LogP contribution is 2.56. The first-order chi connectivity index (χ1) is 16.3. The molecule has 0 bridgehead atoms. The van der Waals surface area contributed by atoms with Crippen LogP contribution >= 0.6 is 11.6 Å². The van der Waals surface area contributed by atoms with Gasteiger partial charge in [-0.3, -0.25) is 9.59 Å². The molecule has 8 heteroatoms. The summed E-state index contributed by atoms with van der Waals surface area (Å²) in [6, 6.07) is 14.4. The Labute approximate surface area is 201 Å². The van der Waals surface area contributed by atoms with Gasteiger partial charge < -0.3 is 20.1 Å². The number of ether oxygens (including phenoxy) is 2. The van der Waals surface area contributed by atoms with Gasteiger partial charge in [0.05, 0.1) is 12.2 Å². The van der Waals surface area contributed by atoms with Gasteiger partial charge in [-0.15, -0.1) is 0 Å². The van der Waals surface area contributed by atoms with Crippen molar-refractivity contribution in [3.8, 4) is 0 Å². The number of amides is 1. The second-order valence-corrected chi connectivity index (χ2v) is 9.01. The minimum atomic E-state index is -1.72. The molecule has 7 nitrogen and oxygen atoms in total. The van der Waals surface area contributed by atoms with E-state index in [1.165, 1.54) is 4.90 Å². The minimum Gasteiger partial charge on any atom is -0.462 e. The molecular weight excluding hydrogens is 456 g/mol. The normalized spacial score (nSPS) is 23.7. The van der Waals surface area contributed by atoms with Crippen molar-refractivity contribution in [3.63, 3.8) is 0 Å². The molecule has 2 aliphatic heterocycles. The predicted molar refractivity (Wildman–Crippen MR) is 126 cm³/mol. The van der Waals surface area contributed by atoms with Gasteiger partial charge in [0.1, 0.15) is 16.7 Å². The number of hydrogen-bond donors (Lipinski definition) is 1. The number of ketones is 1. The number of hydrogen-bond acceptors (Lipinski definition) is 6. The number of fused-ring (bicyclic) bond motifs is 3. The predicted octanol–water partition coefficient (Wildman–Crippen LogP) is 3.72. The third kappa shape index (κ3) is 3.00. The fraction of sp³-hybridized carbons (Fsp3) is 0.269. The number of likely N-dealkylation sites (N-methyl/N-ethyl adjacent to an activating group) is 1. The average molecular weight is 479 g/mol. The van der Waals surface area contributed by atoms with E-state index >= 15 is 0 Å². The molecule has 34 heavy (non-hydrogen) atoms. The number of anilines is 1. The zero-order valence-corrected chi connectivity index (χ0v) is 19.5. The molecule has 0 aromatic heterocycles. The van der Waals surface area contributed by atoms with Gasteiger partial charge in [0, 0.05) is 36.2 Å². The van der Waals surface area contributed by atoms with E-state index in [9.17, 15) is 14.4 Å². The van der Waals surface area contributed by atoms with Crippen LogP contribution in [-0.2, 0) is 29.3 Å². The van der Waals surface area contributed by atoms with Crippen LogP contribution in [0.4, 0.5) is 5.69 Å². The molecule has 174 valence electrons. The molecule has 2 aromatic carbocycles. The molecule has 5 rings (SSSR count). The number of carbonyl (C=O) groups is 3. The maximum atomic E-state index is 14.0. The van der Waals surface area contributed by atoms with Crippen LogP contribution < -0.4 is 10.6 Å². The highest BCUT2D eigenvalue weighted by molar-refractivity contribution is 6.30. The van der Waals surface area contributed by atoms with E-state index in [0.717, 1.165) is 5.56 Å². The molecule has 3 aliphatic rings. The quantitative estimate of drug-likeness (QED) is 0.675. The molecule has 0 unspecified atom stereocenters. The Balaban J connectivity index is 1.75. The number of nitrogens with two attached hydrogens (primary N) is 1. The van der Waals surface area contributed by atoms with Crippen LogP contribution in [0.3, 0.4) is 0 Å². The van der Waals surface area contributed by atoms with Gasteiger partial charge in [-0.1, -0.05) is 41.9 Å². The summed E-state index contributed by atoms with van der Waals surface area (Å²) in [5, 5.41) is 0.566. The van der Waals surface area contributed by atoms with Crippen molar-refractivity contribution in [3.05, 3.63) is 87.5 Å². The van der Waals surface area contributed by atoms with Crippen molar-refractivity contribution in [1.82, 2.24) is 0 Å². The largest absolute Gasteiger partial charge is 0.462 e. The van der Waals surface area contributed by atoms with Crippen molar-refractivity contribution in [2.24, 2.45) is 5.73 Å². The van der Waals surface area contributed by atoms with Crippen molar-refractivity contribution in [2.75, 3.05) is 18.6 Å². The molecule has 1 aliphatic carbocycles. The number of benzene rings is 2. The van der Waals surface area contributed by atoms with Gasteiger partial charge in [-0.05, 0) is 36.6 Å². The van der Waals surface area contributed by atoms with E-state index in [1.54, 1.807) is 44.3 Å². The first kappa shape index (κ1) is 22.2. The van der Waals surface area contributed by atoms with Crippen molar-refractivity contribution < 1.29 is 23.9 Å². The van der Waals surface area contributed by atoms with Crippen LogP contribution in [0.2, 0.25) is 5.02 Å². The van der Waals surface area contributed by atoms with E-state index < -0.39 is 17.3 Å². The number of nitrogens with zero attached hydrogens (tertiary/aromatic N) is 1. The number of carbonyl (C=O) groups excluding carboxylic acids is 3. The van der Waals surface area contributed by atoms with Crippen LogP contribution in [0.25, 0.3) is 0 Å². The molecule has 2 aromatic rings. The summed E-state index contributed by atoms with van der Waals surface area (Å²) in [6.07, 6.45) is 0.471. The average Bonchev–Trinajstić information content (AvgIpc) is 3.01. The monoisotopic (exact) mass is 478 g/mol. The summed E-state index contributed by atoms with van der Waals surface area (Å²) in [6.45, 7) is 1.74. The molecule has 0 saturated carbocycles. The number of halogens is 1. The SMILES string of the molecule is CCOC(=O)C1=C(N)OC2=C(C(=O)C[C@@H](c3cccc(Cl)c3)C2)[C@@]12C(=O)N(C)c1ccccc12. The van der Waals surface area contributed by atoms with Crippen molar-refractivity contribution in [1.29, 1.82) is 0 Å². The molecule has 1 spiro atoms. The Kier molecular flexibility index (Phi) is 5.24. The lowest BCUT2D eigenvalue weighted by molar-refractivity contribution is -0.141. The topological polar surface area (TPSA) is 98.9 Å². The maximum Gasteiger partial charge on any atom is 0.341 e. The summed E-state index contributed by atoms with van der Waals surface area (Å²) >= 11 is 6.18. The molecule has 1 amide bonds. The lowest BCUT2D eigenvalue weighted by Crippen LogP contribution is -2.51. The molecule has 0 fully saturated rings. The lowest BCUT2D eigenvalue weighted by atomic mass is 9.63. The third-order valence-electron chi connectivity index (χ3n) is 6.75. The minimum absolute atomic E-state index is 0.0774. The molecular formula is C26H23ClN2O5. The van der Waals surface area contributed by atoms with Crippen LogP contribution in [0.5, 0.6) is 0 Å². The Bertz CT molecular complexity index is 1310. The number of rotatable bonds is 3. The highest BCUT2D eigenvalue weighted by atomic mass is 35.5. The zero-order chi connectivity index (χ0) is 24.2. The highest BCUT2D eigenvalue weighted by Gasteiger charge is 2.63. The fourth-order valence-electron chi connectivity index (χ4n) is 5.38. The van der Waals surface area contributed by atoms with Crippen LogP contribution in [0.1, 0.15) is 36.8 Å². The summed E-state index contributed by atoms with van der Waals surface area (Å²) < 4.78 is 11.2. The molecule has 2 atom stereocenters. The molecule has 0 radical (unpaired) electrons. The maximum absolute atomic E-state index is 14.0. The first-order valence-electron chi connectivity index (χ1n) is 11.1. The van der Waals surface area contributed by atoms with Gasteiger partial charge in [-0.2, -0.15) is 0 Å². The Hall–Kier alpha value is -3.58. The Morgan fingerprint density at radius 2 is 1.97 bits per heavy atom. The van der Waals surface area contributed by atoms with E-state index in [4.69, 9.17) is 26.8 Å². The van der Waals surface area contributed by atoms with Crippen LogP contribution in [-0.4, -0.2) is 31.3 Å². The second kappa shape index (κ2) is 8.02. The van der Waals surface area contributed by atoms with E-state index in [2.05, 4.69) is 0 Å². The summed E-state index contributed by atoms with van der Waals surface area (Å²) in [5.74, 6) is -1.64. The number of esters is 1. The van der Waals surface area contributed by atoms with Crippen LogP contribution in [0, 0.1) is 0 Å². The van der Waals surface area contributed by atoms with Gasteiger partial charge in [0.25, 0.3) is 0 Å². The first-order valence-corrected chi connectivity index (χ1v) is 11.4. The second-order valence-electron chi connectivity index (χ2n) is 8.57. The smallest absolute Gasteiger partial charge is 0.341 e. The Morgan fingerprint density at radius 3 is 2.71 bits per heavy atom. The summed E-state index contributed by atoms with van der Waals surface area (Å²) in [7, 11) is 1.62. The summed E-state index contributed by atoms with van der Waals surface area (Å²) in [4.78, 5) is 42.4. The fourth-order valence-corrected chi connectivity index (χ4v) is 5.58. The van der Waals surface area contributed by atoms with Crippen molar-refractivity contribution in [2.45, 2.75) is 31.1 Å². The van der Waals surface area contributed by atoms with E-state index in [1.807, 2.05) is 18.2 Å². The molecule has 2 N–H and O–H groups in total. The Morgan fingerprint density at radius 1 is 1.21 bits per heavy atom. The molecule has 0 saturated heterocycles. The van der Waals surface area contributed by atoms with Gasteiger partial charge in [0.15, 0.2) is 5.78 Å².